The summed E-state index contributed by atoms with van der Waals surface area (Å²) in [5, 5.41) is 0. The van der Waals surface area contributed by atoms with Gasteiger partial charge in [-0.3, -0.25) is 4.90 Å². The highest BCUT2D eigenvalue weighted by molar-refractivity contribution is 7.91. The molecule has 0 radical (unpaired) electrons. The van der Waals surface area contributed by atoms with Crippen molar-refractivity contribution in [3.05, 3.63) is 23.5 Å². The van der Waals surface area contributed by atoms with Crippen LogP contribution in [0.1, 0.15) is 59.4 Å². The third-order valence-corrected chi connectivity index (χ3v) is 4.82. The SMILES string of the molecule is CC(C)(C)OC(=O)N1CCCc2nc(C=N[S+]([O-])C(C)(C)C)ccc21. The highest BCUT2D eigenvalue weighted by Crippen LogP contribution is 2.27. The molecule has 1 unspecified atom stereocenters. The summed E-state index contributed by atoms with van der Waals surface area (Å²) < 4.78 is 21.2. The molecule has 0 N–H and O–H groups in total. The van der Waals surface area contributed by atoms with E-state index in [4.69, 9.17) is 4.74 Å². The Hall–Kier alpha value is -1.60. The Morgan fingerprint density at radius 3 is 2.60 bits per heavy atom. The number of ether oxygens (including phenoxy) is 1. The van der Waals surface area contributed by atoms with Gasteiger partial charge in [0, 0.05) is 6.54 Å². The van der Waals surface area contributed by atoms with Crippen molar-refractivity contribution in [2.24, 2.45) is 4.40 Å². The van der Waals surface area contributed by atoms with Crippen LogP contribution in [0.3, 0.4) is 0 Å². The zero-order valence-corrected chi connectivity index (χ0v) is 16.6. The van der Waals surface area contributed by atoms with Gasteiger partial charge in [-0.1, -0.05) is 4.40 Å². The predicted octanol–water partition coefficient (Wildman–Crippen LogP) is 3.65. The molecular weight excluding hydrogens is 338 g/mol. The Morgan fingerprint density at radius 1 is 1.32 bits per heavy atom. The van der Waals surface area contributed by atoms with Crippen LogP contribution in [0, 0.1) is 0 Å². The Bertz CT molecular complexity index is 663. The standard InChI is InChI=1S/C18H27N3O3S/c1-17(2,3)24-16(22)21-11-7-8-14-15(21)10-9-13(20-14)12-19-25(23)18(4,5)6/h9-10,12H,7-8,11H2,1-6H3. The molecule has 0 saturated heterocycles. The van der Waals surface area contributed by atoms with Crippen molar-refractivity contribution in [2.75, 3.05) is 11.4 Å². The normalized spacial score (nSPS) is 16.7. The van der Waals surface area contributed by atoms with Crippen LogP contribution in [-0.4, -0.2) is 38.7 Å². The lowest BCUT2D eigenvalue weighted by atomic mass is 10.1. The van der Waals surface area contributed by atoms with Gasteiger partial charge in [0.2, 0.25) is 0 Å². The third-order valence-electron chi connectivity index (χ3n) is 3.48. The van der Waals surface area contributed by atoms with Crippen molar-refractivity contribution in [3.63, 3.8) is 0 Å². The van der Waals surface area contributed by atoms with Crippen LogP contribution in [0.15, 0.2) is 16.5 Å². The smallest absolute Gasteiger partial charge is 0.414 e. The highest BCUT2D eigenvalue weighted by atomic mass is 32.2. The highest BCUT2D eigenvalue weighted by Gasteiger charge is 2.28. The minimum atomic E-state index is -1.32. The molecule has 2 heterocycles. The number of nitrogens with zero attached hydrogens (tertiary/aromatic N) is 3. The quantitative estimate of drug-likeness (QED) is 0.592. The van der Waals surface area contributed by atoms with E-state index in [0.717, 1.165) is 24.2 Å². The summed E-state index contributed by atoms with van der Waals surface area (Å²) in [6.07, 6.45) is 2.80. The summed E-state index contributed by atoms with van der Waals surface area (Å²) in [6, 6.07) is 3.64. The van der Waals surface area contributed by atoms with Gasteiger partial charge in [-0.2, -0.15) is 0 Å². The molecule has 0 aromatic carbocycles. The molecule has 7 heteroatoms. The summed E-state index contributed by atoms with van der Waals surface area (Å²) in [7, 11) is 0. The van der Waals surface area contributed by atoms with Crippen molar-refractivity contribution in [3.8, 4) is 0 Å². The topological polar surface area (TPSA) is 77.8 Å². The molecular formula is C18H27N3O3S. The average molecular weight is 365 g/mol. The molecule has 6 nitrogen and oxygen atoms in total. The molecule has 0 aliphatic carbocycles. The Labute approximate surface area is 153 Å². The third kappa shape index (κ3) is 5.44. The lowest BCUT2D eigenvalue weighted by Crippen LogP contribution is -2.40. The summed E-state index contributed by atoms with van der Waals surface area (Å²) in [4.78, 5) is 18.6. The number of carbonyl (C=O) groups is 1. The summed E-state index contributed by atoms with van der Waals surface area (Å²) in [5.41, 5.74) is 1.71. The van der Waals surface area contributed by atoms with Gasteiger partial charge in [0.25, 0.3) is 0 Å². The zero-order valence-electron chi connectivity index (χ0n) is 15.8. The minimum Gasteiger partial charge on any atom is -0.591 e. The first-order valence-electron chi connectivity index (χ1n) is 8.44. The van der Waals surface area contributed by atoms with Crippen molar-refractivity contribution in [2.45, 2.75) is 64.7 Å². The van der Waals surface area contributed by atoms with E-state index in [2.05, 4.69) is 9.38 Å². The second kappa shape index (κ2) is 7.33. The Kier molecular flexibility index (Phi) is 5.79. The Balaban J connectivity index is 2.20. The first-order chi connectivity index (χ1) is 11.5. The van der Waals surface area contributed by atoms with Gasteiger partial charge >= 0.3 is 6.09 Å². The van der Waals surface area contributed by atoms with E-state index >= 15 is 0 Å². The van der Waals surface area contributed by atoms with Gasteiger partial charge in [0.05, 0.1) is 17.1 Å². The van der Waals surface area contributed by atoms with Crippen LogP contribution in [0.2, 0.25) is 0 Å². The molecule has 1 aliphatic heterocycles. The van der Waals surface area contributed by atoms with Crippen molar-refractivity contribution < 1.29 is 14.1 Å². The molecule has 0 fully saturated rings. The minimum absolute atomic E-state index is 0.356. The molecule has 1 aromatic heterocycles. The maximum atomic E-state index is 12.4. The van der Waals surface area contributed by atoms with Gasteiger partial charge in [-0.05, 0) is 66.5 Å². The summed E-state index contributed by atoms with van der Waals surface area (Å²) in [6.45, 7) is 11.8. The van der Waals surface area contributed by atoms with Crippen LogP contribution < -0.4 is 4.90 Å². The van der Waals surface area contributed by atoms with Gasteiger partial charge in [-0.25, -0.2) is 9.78 Å². The molecule has 1 aromatic rings. The lowest BCUT2D eigenvalue weighted by Gasteiger charge is -2.31. The number of hydrogen-bond donors (Lipinski definition) is 0. The van der Waals surface area contributed by atoms with Crippen molar-refractivity contribution >= 4 is 29.4 Å². The monoisotopic (exact) mass is 365 g/mol. The van der Waals surface area contributed by atoms with Crippen LogP contribution in [0.4, 0.5) is 10.5 Å². The molecule has 138 valence electrons. The van der Waals surface area contributed by atoms with E-state index in [0.29, 0.717) is 12.2 Å². The van der Waals surface area contributed by atoms with Gasteiger partial charge < -0.3 is 9.29 Å². The van der Waals surface area contributed by atoms with E-state index in [1.165, 1.54) is 6.21 Å². The number of amides is 1. The second-order valence-corrected chi connectivity index (χ2v) is 9.97. The molecule has 1 amide bonds. The number of pyridine rings is 1. The van der Waals surface area contributed by atoms with Crippen LogP contribution in [-0.2, 0) is 22.5 Å². The van der Waals surface area contributed by atoms with E-state index in [-0.39, 0.29) is 6.09 Å². The maximum absolute atomic E-state index is 12.4. The number of aryl methyl sites for hydroxylation is 1. The lowest BCUT2D eigenvalue weighted by molar-refractivity contribution is 0.0577. The fourth-order valence-electron chi connectivity index (χ4n) is 2.30. The number of fused-ring (bicyclic) bond motifs is 1. The molecule has 0 bridgehead atoms. The van der Waals surface area contributed by atoms with E-state index in [9.17, 15) is 9.35 Å². The largest absolute Gasteiger partial charge is 0.591 e. The Morgan fingerprint density at radius 2 is 2.00 bits per heavy atom. The number of rotatable bonds is 2. The second-order valence-electron chi connectivity index (χ2n) is 8.03. The number of carbonyl (C=O) groups excluding carboxylic acids is 1. The molecule has 1 aliphatic rings. The number of anilines is 1. The van der Waals surface area contributed by atoms with Crippen LogP contribution in [0.5, 0.6) is 0 Å². The fraction of sp³-hybridized carbons (Fsp3) is 0.611. The van der Waals surface area contributed by atoms with Crippen molar-refractivity contribution in [1.29, 1.82) is 0 Å². The van der Waals surface area contributed by atoms with E-state index in [1.54, 1.807) is 11.0 Å². The van der Waals surface area contributed by atoms with Crippen LogP contribution >= 0.6 is 0 Å². The van der Waals surface area contributed by atoms with E-state index < -0.39 is 21.7 Å². The number of aromatic nitrogens is 1. The van der Waals surface area contributed by atoms with Crippen molar-refractivity contribution in [1.82, 2.24) is 4.98 Å². The average Bonchev–Trinajstić information content (AvgIpc) is 2.49. The fourth-order valence-corrected chi connectivity index (χ4v) is 2.82. The zero-order chi connectivity index (χ0) is 18.8. The first kappa shape index (κ1) is 19.7. The summed E-state index contributed by atoms with van der Waals surface area (Å²) >= 11 is -1.32. The number of hydrogen-bond acceptors (Lipinski definition) is 5. The molecule has 1 atom stereocenters. The summed E-state index contributed by atoms with van der Waals surface area (Å²) in [5.74, 6) is 0. The van der Waals surface area contributed by atoms with Crippen LogP contribution in [0.25, 0.3) is 0 Å². The van der Waals surface area contributed by atoms with Gasteiger partial charge in [-0.15, -0.1) is 0 Å². The first-order valence-corrected chi connectivity index (χ1v) is 9.54. The molecule has 2 rings (SSSR count). The van der Waals surface area contributed by atoms with Gasteiger partial charge in [0.1, 0.15) is 27.9 Å². The van der Waals surface area contributed by atoms with Gasteiger partial charge in [0.15, 0.2) is 0 Å². The predicted molar refractivity (Wildman–Crippen MR) is 102 cm³/mol. The molecule has 0 saturated carbocycles. The molecule has 0 spiro atoms. The van der Waals surface area contributed by atoms with E-state index in [1.807, 2.05) is 47.6 Å². The molecule has 25 heavy (non-hydrogen) atoms. The maximum Gasteiger partial charge on any atom is 0.414 e.